The molecule has 1 aromatic heterocycles. The Balaban J connectivity index is 2.54. The highest BCUT2D eigenvalue weighted by molar-refractivity contribution is 8.01. The van der Waals surface area contributed by atoms with E-state index in [-0.39, 0.29) is 0 Å². The number of hydrogen-bond donors (Lipinski definition) is 1. The predicted molar refractivity (Wildman–Crippen MR) is 61.4 cm³/mol. The van der Waals surface area contributed by atoms with E-state index in [1.165, 1.54) is 9.78 Å². The van der Waals surface area contributed by atoms with E-state index in [9.17, 15) is 0 Å². The highest BCUT2D eigenvalue weighted by atomic mass is 32.2. The largest absolute Gasteiger partial charge is 0.375 e. The summed E-state index contributed by atoms with van der Waals surface area (Å²) in [6, 6.07) is 0. The van der Waals surface area contributed by atoms with Crippen LogP contribution in [0.25, 0.3) is 0 Å². The van der Waals surface area contributed by atoms with Crippen molar-refractivity contribution in [3.63, 3.8) is 0 Å². The van der Waals surface area contributed by atoms with Gasteiger partial charge in [-0.3, -0.25) is 0 Å². The van der Waals surface area contributed by atoms with Crippen LogP contribution in [0, 0.1) is 6.92 Å². The zero-order chi connectivity index (χ0) is 9.84. The van der Waals surface area contributed by atoms with E-state index >= 15 is 0 Å². The summed E-state index contributed by atoms with van der Waals surface area (Å²) in [6.07, 6.45) is 2.21. The molecular formula is C9H14N2S2. The Morgan fingerprint density at radius 1 is 1.62 bits per heavy atom. The van der Waals surface area contributed by atoms with Crippen LogP contribution < -0.4 is 5.73 Å². The number of nitrogens with two attached hydrogens (primary N) is 1. The van der Waals surface area contributed by atoms with Gasteiger partial charge in [0.05, 0.1) is 9.90 Å². The normalized spacial score (nSPS) is 10.1. The molecule has 0 radical (unpaired) electrons. The van der Waals surface area contributed by atoms with Crippen LogP contribution in [0.4, 0.5) is 5.13 Å². The molecule has 0 unspecified atom stereocenters. The van der Waals surface area contributed by atoms with Gasteiger partial charge in [0.1, 0.15) is 0 Å². The maximum Gasteiger partial charge on any atom is 0.181 e. The molecule has 4 heteroatoms. The van der Waals surface area contributed by atoms with Gasteiger partial charge in [-0.25, -0.2) is 4.98 Å². The van der Waals surface area contributed by atoms with E-state index in [0.29, 0.717) is 5.13 Å². The monoisotopic (exact) mass is 214 g/mol. The minimum atomic E-state index is 0.664. The predicted octanol–water partition coefficient (Wildman–Crippen LogP) is 3.09. The van der Waals surface area contributed by atoms with Gasteiger partial charge in [-0.1, -0.05) is 23.0 Å². The molecular weight excluding hydrogens is 200 g/mol. The minimum absolute atomic E-state index is 0.664. The molecule has 72 valence electrons. The molecule has 0 aliphatic rings. The standard InChI is InChI=1S/C9H14N2S2/c1-6(2)4-5-12-8-7(3)11-9(10)13-8/h4H,5H2,1-3H3,(H2,10,11). The first-order valence-corrected chi connectivity index (χ1v) is 5.89. The maximum atomic E-state index is 5.59. The molecule has 0 spiro atoms. The van der Waals surface area contributed by atoms with E-state index in [4.69, 9.17) is 5.73 Å². The smallest absolute Gasteiger partial charge is 0.181 e. The fourth-order valence-corrected chi connectivity index (χ4v) is 2.90. The first kappa shape index (κ1) is 10.6. The summed E-state index contributed by atoms with van der Waals surface area (Å²) in [4.78, 5) is 4.16. The third kappa shape index (κ3) is 3.40. The highest BCUT2D eigenvalue weighted by Gasteiger charge is 2.03. The van der Waals surface area contributed by atoms with Crippen molar-refractivity contribution in [3.8, 4) is 0 Å². The molecule has 0 aliphatic heterocycles. The summed E-state index contributed by atoms with van der Waals surface area (Å²) in [7, 11) is 0. The number of rotatable bonds is 3. The van der Waals surface area contributed by atoms with Gasteiger partial charge in [-0.2, -0.15) is 0 Å². The summed E-state index contributed by atoms with van der Waals surface area (Å²) in [5.41, 5.74) is 7.99. The van der Waals surface area contributed by atoms with Crippen molar-refractivity contribution in [1.82, 2.24) is 4.98 Å². The van der Waals surface area contributed by atoms with Crippen molar-refractivity contribution in [2.75, 3.05) is 11.5 Å². The fourth-order valence-electron chi connectivity index (χ4n) is 0.821. The minimum Gasteiger partial charge on any atom is -0.375 e. The number of thioether (sulfide) groups is 1. The molecule has 1 heterocycles. The van der Waals surface area contributed by atoms with E-state index in [0.717, 1.165) is 11.4 Å². The molecule has 0 saturated heterocycles. The van der Waals surface area contributed by atoms with Crippen molar-refractivity contribution < 1.29 is 0 Å². The number of aromatic nitrogens is 1. The molecule has 0 atom stereocenters. The molecule has 0 amide bonds. The second-order valence-electron chi connectivity index (χ2n) is 3.02. The Morgan fingerprint density at radius 3 is 2.77 bits per heavy atom. The summed E-state index contributed by atoms with van der Waals surface area (Å²) in [5.74, 6) is 1.00. The first-order valence-electron chi connectivity index (χ1n) is 4.08. The van der Waals surface area contributed by atoms with Crippen LogP contribution in [0.3, 0.4) is 0 Å². The van der Waals surface area contributed by atoms with Gasteiger partial charge in [0.2, 0.25) is 0 Å². The molecule has 1 rings (SSSR count). The van der Waals surface area contributed by atoms with Gasteiger partial charge in [-0.15, -0.1) is 11.8 Å². The molecule has 0 aromatic carbocycles. The lowest BCUT2D eigenvalue weighted by molar-refractivity contribution is 1.21. The second kappa shape index (κ2) is 4.67. The van der Waals surface area contributed by atoms with Gasteiger partial charge in [-0.05, 0) is 20.8 Å². The molecule has 0 saturated carbocycles. The SMILES string of the molecule is CC(C)=CCSc1sc(N)nc1C. The topological polar surface area (TPSA) is 38.9 Å². The van der Waals surface area contributed by atoms with Crippen LogP contribution in [-0.4, -0.2) is 10.7 Å². The Kier molecular flexibility index (Phi) is 3.81. The van der Waals surface area contributed by atoms with Gasteiger partial charge < -0.3 is 5.73 Å². The number of anilines is 1. The number of nitrogens with zero attached hydrogens (tertiary/aromatic N) is 1. The third-order valence-electron chi connectivity index (χ3n) is 1.48. The summed E-state index contributed by atoms with van der Waals surface area (Å²) < 4.78 is 1.23. The molecule has 2 nitrogen and oxygen atoms in total. The van der Waals surface area contributed by atoms with E-state index < -0.39 is 0 Å². The molecule has 0 bridgehead atoms. The van der Waals surface area contributed by atoms with Crippen molar-refractivity contribution in [2.45, 2.75) is 25.0 Å². The average Bonchev–Trinajstić information content (AvgIpc) is 2.29. The Morgan fingerprint density at radius 2 is 2.31 bits per heavy atom. The Hall–Kier alpha value is -0.480. The van der Waals surface area contributed by atoms with Crippen LogP contribution in [0.2, 0.25) is 0 Å². The third-order valence-corrected chi connectivity index (χ3v) is 3.75. The number of allylic oxidation sites excluding steroid dienone is 1. The Bertz CT molecular complexity index is 311. The van der Waals surface area contributed by atoms with Crippen LogP contribution in [0.5, 0.6) is 0 Å². The van der Waals surface area contributed by atoms with Crippen molar-refractivity contribution >= 4 is 28.2 Å². The van der Waals surface area contributed by atoms with Gasteiger partial charge in [0, 0.05) is 5.75 Å². The zero-order valence-corrected chi connectivity index (χ0v) is 9.76. The van der Waals surface area contributed by atoms with Crippen LogP contribution >= 0.6 is 23.1 Å². The highest BCUT2D eigenvalue weighted by Crippen LogP contribution is 2.30. The lowest BCUT2D eigenvalue weighted by Crippen LogP contribution is -1.80. The lowest BCUT2D eigenvalue weighted by atomic mass is 10.3. The zero-order valence-electron chi connectivity index (χ0n) is 8.13. The van der Waals surface area contributed by atoms with Crippen molar-refractivity contribution in [2.24, 2.45) is 0 Å². The number of thiazole rings is 1. The number of nitrogen functional groups attached to an aromatic ring is 1. The van der Waals surface area contributed by atoms with Gasteiger partial charge >= 0.3 is 0 Å². The molecule has 0 fully saturated rings. The van der Waals surface area contributed by atoms with E-state index in [1.807, 2.05) is 6.92 Å². The summed E-state index contributed by atoms with van der Waals surface area (Å²) in [6.45, 7) is 6.21. The van der Waals surface area contributed by atoms with Crippen molar-refractivity contribution in [1.29, 1.82) is 0 Å². The molecule has 2 N–H and O–H groups in total. The van der Waals surface area contributed by atoms with Gasteiger partial charge in [0.15, 0.2) is 5.13 Å². The molecule has 13 heavy (non-hydrogen) atoms. The first-order chi connectivity index (χ1) is 6.09. The van der Waals surface area contributed by atoms with E-state index in [2.05, 4.69) is 24.9 Å². The Labute approximate surface area is 87.3 Å². The summed E-state index contributed by atoms with van der Waals surface area (Å²) >= 11 is 3.36. The fraction of sp³-hybridized carbons (Fsp3) is 0.444. The number of aryl methyl sites for hydroxylation is 1. The average molecular weight is 214 g/mol. The van der Waals surface area contributed by atoms with Crippen LogP contribution in [-0.2, 0) is 0 Å². The van der Waals surface area contributed by atoms with Crippen LogP contribution in [0.15, 0.2) is 15.9 Å². The van der Waals surface area contributed by atoms with Gasteiger partial charge in [0.25, 0.3) is 0 Å². The quantitative estimate of drug-likeness (QED) is 0.621. The second-order valence-corrected chi connectivity index (χ2v) is 5.34. The van der Waals surface area contributed by atoms with Crippen molar-refractivity contribution in [3.05, 3.63) is 17.3 Å². The molecule has 0 aliphatic carbocycles. The molecule has 1 aromatic rings. The number of hydrogen-bond acceptors (Lipinski definition) is 4. The summed E-state index contributed by atoms with van der Waals surface area (Å²) in [5, 5.41) is 0.664. The lowest BCUT2D eigenvalue weighted by Gasteiger charge is -1.94. The maximum absolute atomic E-state index is 5.59. The van der Waals surface area contributed by atoms with Crippen LogP contribution in [0.1, 0.15) is 19.5 Å². The van der Waals surface area contributed by atoms with E-state index in [1.54, 1.807) is 23.1 Å².